The SMILES string of the molecule is CCCCC[C@H]1CC[C@H](C2([C@]3(OCCC)C=C[C@H](COC[C@H]4C=C[C@@](OCCC)(C5([C@H]6CC[C@H](CCCCC)CC6)CCCCC5)C=C4)C=C3)CCCCC2)CC1. The second-order valence-corrected chi connectivity index (χ2v) is 20.4. The van der Waals surface area contributed by atoms with Gasteiger partial charge in [0.2, 0.25) is 0 Å². The minimum absolute atomic E-state index is 0.237. The first-order valence-corrected chi connectivity index (χ1v) is 25.6. The van der Waals surface area contributed by atoms with E-state index in [0.29, 0.717) is 11.8 Å². The number of rotatable bonds is 22. The smallest absolute Gasteiger partial charge is 0.110 e. The molecule has 0 aromatic rings. The zero-order chi connectivity index (χ0) is 39.9. The highest BCUT2D eigenvalue weighted by molar-refractivity contribution is 5.31. The Morgan fingerprint density at radius 1 is 0.439 bits per heavy atom. The van der Waals surface area contributed by atoms with Crippen LogP contribution in [-0.4, -0.2) is 37.6 Å². The second-order valence-electron chi connectivity index (χ2n) is 20.4. The Bertz CT molecular complexity index is 1120. The molecule has 0 aromatic carbocycles. The van der Waals surface area contributed by atoms with E-state index in [9.17, 15) is 0 Å². The van der Waals surface area contributed by atoms with Crippen LogP contribution in [0.5, 0.6) is 0 Å². The van der Waals surface area contributed by atoms with Crippen LogP contribution in [0.25, 0.3) is 0 Å². The van der Waals surface area contributed by atoms with Gasteiger partial charge in [-0.15, -0.1) is 0 Å². The van der Waals surface area contributed by atoms with E-state index in [1.165, 1.54) is 167 Å². The largest absolute Gasteiger partial charge is 0.380 e. The fourth-order valence-electron chi connectivity index (χ4n) is 13.5. The zero-order valence-electron chi connectivity index (χ0n) is 37.9. The first kappa shape index (κ1) is 45.4. The average Bonchev–Trinajstić information content (AvgIpc) is 3.27. The first-order valence-electron chi connectivity index (χ1n) is 25.6. The van der Waals surface area contributed by atoms with Crippen molar-refractivity contribution < 1.29 is 14.2 Å². The Morgan fingerprint density at radius 2 is 0.807 bits per heavy atom. The summed E-state index contributed by atoms with van der Waals surface area (Å²) in [5.74, 6) is 4.07. The minimum Gasteiger partial charge on any atom is -0.380 e. The Kier molecular flexibility index (Phi) is 18.0. The number of hydrogen-bond acceptors (Lipinski definition) is 3. The Morgan fingerprint density at radius 3 is 1.14 bits per heavy atom. The predicted octanol–water partition coefficient (Wildman–Crippen LogP) is 15.5. The lowest BCUT2D eigenvalue weighted by Gasteiger charge is -2.56. The molecule has 0 bridgehead atoms. The topological polar surface area (TPSA) is 27.7 Å². The van der Waals surface area contributed by atoms with Crippen molar-refractivity contribution in [1.29, 1.82) is 0 Å². The molecule has 0 heterocycles. The van der Waals surface area contributed by atoms with Gasteiger partial charge in [-0.05, 0) is 87.9 Å². The Hall–Kier alpha value is -1.16. The molecule has 0 aromatic heterocycles. The summed E-state index contributed by atoms with van der Waals surface area (Å²) in [5, 5.41) is 0. The van der Waals surface area contributed by atoms with Crippen LogP contribution in [0.2, 0.25) is 0 Å². The summed E-state index contributed by atoms with van der Waals surface area (Å²) < 4.78 is 20.8. The third-order valence-electron chi connectivity index (χ3n) is 16.8. The molecule has 0 amide bonds. The molecule has 0 N–H and O–H groups in total. The van der Waals surface area contributed by atoms with Crippen molar-refractivity contribution in [1.82, 2.24) is 0 Å². The maximum absolute atomic E-state index is 7.10. The molecule has 6 aliphatic carbocycles. The van der Waals surface area contributed by atoms with Crippen molar-refractivity contribution in [3.05, 3.63) is 48.6 Å². The van der Waals surface area contributed by atoms with Crippen LogP contribution in [0.4, 0.5) is 0 Å². The van der Waals surface area contributed by atoms with E-state index >= 15 is 0 Å². The monoisotopic (exact) mass is 787 g/mol. The Balaban J connectivity index is 1.08. The van der Waals surface area contributed by atoms with Crippen molar-refractivity contribution in [3.8, 4) is 0 Å². The molecule has 0 radical (unpaired) electrons. The van der Waals surface area contributed by atoms with Crippen LogP contribution < -0.4 is 0 Å². The molecular formula is C54H90O3. The molecule has 0 saturated heterocycles. The van der Waals surface area contributed by atoms with Crippen LogP contribution in [0.1, 0.15) is 207 Å². The molecule has 4 fully saturated rings. The van der Waals surface area contributed by atoms with E-state index in [-0.39, 0.29) is 22.0 Å². The third kappa shape index (κ3) is 10.8. The average molecular weight is 787 g/mol. The molecule has 0 atom stereocenters. The summed E-state index contributed by atoms with van der Waals surface area (Å²) >= 11 is 0. The van der Waals surface area contributed by atoms with E-state index in [0.717, 1.165) is 62.9 Å². The van der Waals surface area contributed by atoms with E-state index < -0.39 is 0 Å². The van der Waals surface area contributed by atoms with Gasteiger partial charge in [0.25, 0.3) is 0 Å². The van der Waals surface area contributed by atoms with Gasteiger partial charge in [0.1, 0.15) is 11.2 Å². The fourth-order valence-corrected chi connectivity index (χ4v) is 13.5. The molecule has 4 saturated carbocycles. The summed E-state index contributed by atoms with van der Waals surface area (Å²) in [6.07, 6.45) is 58.3. The summed E-state index contributed by atoms with van der Waals surface area (Å²) in [6.45, 7) is 12.4. The summed E-state index contributed by atoms with van der Waals surface area (Å²) in [6, 6.07) is 0. The lowest BCUT2D eigenvalue weighted by Crippen LogP contribution is -2.55. The predicted molar refractivity (Wildman–Crippen MR) is 243 cm³/mol. The second kappa shape index (κ2) is 22.6. The molecule has 0 aliphatic heterocycles. The lowest BCUT2D eigenvalue weighted by molar-refractivity contribution is -0.126. The summed E-state index contributed by atoms with van der Waals surface area (Å²) in [7, 11) is 0. The van der Waals surface area contributed by atoms with Gasteiger partial charge in [-0.1, -0.05) is 192 Å². The van der Waals surface area contributed by atoms with E-state index in [4.69, 9.17) is 14.2 Å². The summed E-state index contributed by atoms with van der Waals surface area (Å²) in [5.41, 5.74) is -0.0535. The van der Waals surface area contributed by atoms with Gasteiger partial charge >= 0.3 is 0 Å². The van der Waals surface area contributed by atoms with Crippen molar-refractivity contribution in [2.45, 2.75) is 219 Å². The zero-order valence-corrected chi connectivity index (χ0v) is 37.9. The van der Waals surface area contributed by atoms with Crippen LogP contribution in [0, 0.1) is 46.3 Å². The van der Waals surface area contributed by atoms with Gasteiger partial charge in [-0.25, -0.2) is 0 Å². The fraction of sp³-hybridized carbons (Fsp3) is 0.852. The highest BCUT2D eigenvalue weighted by atomic mass is 16.5. The van der Waals surface area contributed by atoms with Crippen molar-refractivity contribution in [2.75, 3.05) is 26.4 Å². The van der Waals surface area contributed by atoms with Crippen molar-refractivity contribution in [3.63, 3.8) is 0 Å². The van der Waals surface area contributed by atoms with E-state index in [2.05, 4.69) is 76.3 Å². The standard InChI is InChI=1S/C54H90O3/c1-5-9-13-19-45-21-25-49(26-22-45)51(33-15-11-16-34-51)53(56-41-7-3)37-29-47(30-38-53)43-55-44-48-31-39-54(40-32-48,57-42-8-4)52(35-17-12-18-36-52)50-27-23-46(24-28-50)20-14-10-6-2/h29-32,37-40,45-50H,5-28,33-36,41-44H2,1-4H3/t45-,46-,47-,48-,49-,50-,53-,54-. The first-order chi connectivity index (χ1) is 28.0. The molecule has 324 valence electrons. The molecular weight excluding hydrogens is 697 g/mol. The minimum atomic E-state index is -0.264. The van der Waals surface area contributed by atoms with Gasteiger partial charge in [0.15, 0.2) is 0 Å². The quantitative estimate of drug-likeness (QED) is 0.0808. The highest BCUT2D eigenvalue weighted by Crippen LogP contribution is 2.60. The molecule has 6 rings (SSSR count). The molecule has 3 heteroatoms. The van der Waals surface area contributed by atoms with E-state index in [1.54, 1.807) is 0 Å². The maximum atomic E-state index is 7.10. The number of unbranched alkanes of at least 4 members (excludes halogenated alkanes) is 4. The van der Waals surface area contributed by atoms with Gasteiger partial charge in [-0.3, -0.25) is 0 Å². The normalized spacial score (nSPS) is 35.1. The van der Waals surface area contributed by atoms with E-state index in [1.807, 2.05) is 0 Å². The molecule has 0 spiro atoms. The van der Waals surface area contributed by atoms with Crippen LogP contribution in [-0.2, 0) is 14.2 Å². The highest BCUT2D eigenvalue weighted by Gasteiger charge is 2.56. The third-order valence-corrected chi connectivity index (χ3v) is 16.8. The van der Waals surface area contributed by atoms with Crippen LogP contribution in [0.15, 0.2) is 48.6 Å². The van der Waals surface area contributed by atoms with Crippen LogP contribution >= 0.6 is 0 Å². The van der Waals surface area contributed by atoms with Crippen molar-refractivity contribution >= 4 is 0 Å². The van der Waals surface area contributed by atoms with Crippen molar-refractivity contribution in [2.24, 2.45) is 46.3 Å². The van der Waals surface area contributed by atoms with Gasteiger partial charge < -0.3 is 14.2 Å². The maximum Gasteiger partial charge on any atom is 0.110 e. The lowest BCUT2D eigenvalue weighted by atomic mass is 9.52. The van der Waals surface area contributed by atoms with Gasteiger partial charge in [0.05, 0.1) is 13.2 Å². The van der Waals surface area contributed by atoms with Crippen LogP contribution in [0.3, 0.4) is 0 Å². The Labute approximate surface area is 353 Å². The molecule has 57 heavy (non-hydrogen) atoms. The summed E-state index contributed by atoms with van der Waals surface area (Å²) in [4.78, 5) is 0. The molecule has 3 nitrogen and oxygen atoms in total. The van der Waals surface area contributed by atoms with Gasteiger partial charge in [-0.2, -0.15) is 0 Å². The molecule has 6 aliphatic rings. The van der Waals surface area contributed by atoms with Gasteiger partial charge in [0, 0.05) is 35.9 Å². The number of hydrogen-bond donors (Lipinski definition) is 0. The number of ether oxygens (including phenoxy) is 3. The molecule has 0 unspecified atom stereocenters.